The number of hydrogen-bond acceptors (Lipinski definition) is 1. The smallest absolute Gasteiger partial charge is 0.0467 e. The molecule has 0 N–H and O–H groups in total. The van der Waals surface area contributed by atoms with Crippen molar-refractivity contribution in [3.05, 3.63) is 12.7 Å². The van der Waals surface area contributed by atoms with Gasteiger partial charge < -0.3 is 4.74 Å². The molecule has 0 aliphatic heterocycles. The Morgan fingerprint density at radius 3 is 1.71 bits per heavy atom. The summed E-state index contributed by atoms with van der Waals surface area (Å²) in [6.45, 7) is 22.1. The lowest BCUT2D eigenvalue weighted by molar-refractivity contribution is 0.159. The molecular weight excluding hydrogens is 256 g/mol. The highest BCUT2D eigenvalue weighted by Gasteiger charge is 2.07. The molecule has 0 fully saturated rings. The van der Waals surface area contributed by atoms with Crippen molar-refractivity contribution in [2.45, 2.75) is 87.5 Å². The van der Waals surface area contributed by atoms with Crippen LogP contribution < -0.4 is 0 Å². The summed E-state index contributed by atoms with van der Waals surface area (Å²) < 4.78 is 4.92. The Morgan fingerprint density at radius 2 is 1.52 bits per heavy atom. The van der Waals surface area contributed by atoms with Gasteiger partial charge in [-0.15, -0.1) is 6.58 Å². The molecular formula is C20H44O. The van der Waals surface area contributed by atoms with E-state index in [2.05, 4.69) is 62.0 Å². The molecule has 0 saturated heterocycles. The van der Waals surface area contributed by atoms with E-state index in [1.165, 1.54) is 25.7 Å². The standard InChI is InChI=1S/C8H18.C7H16O.C5H10/c1-4-5-6-7-8(2)3;1-7(2,3)5-6-8-4;1-4-5(2)3/h8H,4-7H2,1-3H3;5-6H2,1-4H3;4-5H,1H2,2-3H3. The van der Waals surface area contributed by atoms with Crippen molar-refractivity contribution in [1.82, 2.24) is 0 Å². The molecule has 21 heavy (non-hydrogen) atoms. The average molecular weight is 301 g/mol. The number of allylic oxidation sites excluding steroid dienone is 1. The first-order valence-corrected chi connectivity index (χ1v) is 8.72. The zero-order valence-corrected chi connectivity index (χ0v) is 16.6. The van der Waals surface area contributed by atoms with Gasteiger partial charge in [-0.2, -0.15) is 0 Å². The van der Waals surface area contributed by atoms with Gasteiger partial charge >= 0.3 is 0 Å². The lowest BCUT2D eigenvalue weighted by atomic mass is 9.93. The minimum Gasteiger partial charge on any atom is -0.385 e. The van der Waals surface area contributed by atoms with E-state index in [1.807, 2.05) is 6.08 Å². The molecule has 0 radical (unpaired) electrons. The van der Waals surface area contributed by atoms with Crippen LogP contribution in [-0.2, 0) is 4.74 Å². The summed E-state index contributed by atoms with van der Waals surface area (Å²) in [6, 6.07) is 0. The van der Waals surface area contributed by atoms with Crippen LogP contribution in [0.25, 0.3) is 0 Å². The van der Waals surface area contributed by atoms with Gasteiger partial charge in [-0.1, -0.05) is 87.1 Å². The number of unbranched alkanes of at least 4 members (excludes halogenated alkanes) is 2. The zero-order valence-electron chi connectivity index (χ0n) is 16.6. The number of ether oxygens (including phenoxy) is 1. The summed E-state index contributed by atoms with van der Waals surface area (Å²) in [6.07, 6.45) is 8.66. The molecule has 1 nitrogen and oxygen atoms in total. The number of methoxy groups -OCH3 is 1. The van der Waals surface area contributed by atoms with E-state index in [4.69, 9.17) is 4.74 Å². The van der Waals surface area contributed by atoms with Crippen LogP contribution in [0.1, 0.15) is 87.5 Å². The van der Waals surface area contributed by atoms with Gasteiger partial charge in [0.1, 0.15) is 0 Å². The third-order valence-corrected chi connectivity index (χ3v) is 2.91. The average Bonchev–Trinajstić information content (AvgIpc) is 2.37. The van der Waals surface area contributed by atoms with Gasteiger partial charge in [0.25, 0.3) is 0 Å². The fourth-order valence-electron chi connectivity index (χ4n) is 1.21. The summed E-state index contributed by atoms with van der Waals surface area (Å²) in [7, 11) is 1.74. The summed E-state index contributed by atoms with van der Waals surface area (Å²) in [5.74, 6) is 1.55. The van der Waals surface area contributed by atoms with Gasteiger partial charge in [-0.25, -0.2) is 0 Å². The Bertz CT molecular complexity index is 187. The van der Waals surface area contributed by atoms with Crippen molar-refractivity contribution in [3.63, 3.8) is 0 Å². The molecule has 0 unspecified atom stereocenters. The molecule has 0 amide bonds. The first-order valence-electron chi connectivity index (χ1n) is 8.72. The minimum absolute atomic E-state index is 0.427. The normalized spacial score (nSPS) is 10.6. The van der Waals surface area contributed by atoms with Gasteiger partial charge in [0.15, 0.2) is 0 Å². The molecule has 0 aliphatic rings. The van der Waals surface area contributed by atoms with E-state index in [9.17, 15) is 0 Å². The maximum absolute atomic E-state index is 4.92. The van der Waals surface area contributed by atoms with E-state index in [0.717, 1.165) is 18.9 Å². The van der Waals surface area contributed by atoms with Crippen LogP contribution in [0.3, 0.4) is 0 Å². The Kier molecular flexibility index (Phi) is 21.7. The fraction of sp³-hybridized carbons (Fsp3) is 0.900. The molecule has 0 heterocycles. The summed E-state index contributed by atoms with van der Waals surface area (Å²) >= 11 is 0. The van der Waals surface area contributed by atoms with E-state index < -0.39 is 0 Å². The second-order valence-corrected chi connectivity index (χ2v) is 7.67. The Balaban J connectivity index is -0.000000239. The van der Waals surface area contributed by atoms with Crippen molar-refractivity contribution in [1.29, 1.82) is 0 Å². The Hall–Kier alpha value is -0.300. The quantitative estimate of drug-likeness (QED) is 0.359. The maximum Gasteiger partial charge on any atom is 0.0467 e. The molecule has 0 aromatic rings. The van der Waals surface area contributed by atoms with Gasteiger partial charge in [0.05, 0.1) is 0 Å². The van der Waals surface area contributed by atoms with Crippen LogP contribution in [0.15, 0.2) is 12.7 Å². The van der Waals surface area contributed by atoms with E-state index >= 15 is 0 Å². The van der Waals surface area contributed by atoms with Crippen molar-refractivity contribution >= 4 is 0 Å². The first kappa shape index (κ1) is 25.6. The summed E-state index contributed by atoms with van der Waals surface area (Å²) in [5, 5.41) is 0. The predicted molar refractivity (Wildman–Crippen MR) is 100.0 cm³/mol. The van der Waals surface area contributed by atoms with Crippen LogP contribution >= 0.6 is 0 Å². The van der Waals surface area contributed by atoms with Crippen LogP contribution in [-0.4, -0.2) is 13.7 Å². The lowest BCUT2D eigenvalue weighted by Crippen LogP contribution is -2.07. The highest BCUT2D eigenvalue weighted by molar-refractivity contribution is 4.69. The molecule has 130 valence electrons. The van der Waals surface area contributed by atoms with Crippen molar-refractivity contribution < 1.29 is 4.74 Å². The lowest BCUT2D eigenvalue weighted by Gasteiger charge is -2.16. The third-order valence-electron chi connectivity index (χ3n) is 2.91. The van der Waals surface area contributed by atoms with E-state index in [-0.39, 0.29) is 0 Å². The largest absolute Gasteiger partial charge is 0.385 e. The maximum atomic E-state index is 4.92. The molecule has 0 aromatic carbocycles. The van der Waals surface area contributed by atoms with Gasteiger partial charge in [-0.05, 0) is 23.7 Å². The molecule has 0 aliphatic carbocycles. The molecule has 0 bridgehead atoms. The molecule has 0 saturated carbocycles. The monoisotopic (exact) mass is 300 g/mol. The Morgan fingerprint density at radius 1 is 1.05 bits per heavy atom. The van der Waals surface area contributed by atoms with E-state index in [1.54, 1.807) is 7.11 Å². The Labute approximate surface area is 136 Å². The van der Waals surface area contributed by atoms with Crippen LogP contribution in [0.4, 0.5) is 0 Å². The molecule has 0 spiro atoms. The summed E-state index contributed by atoms with van der Waals surface area (Å²) in [4.78, 5) is 0. The number of hydrogen-bond donors (Lipinski definition) is 0. The molecule has 0 aromatic heterocycles. The van der Waals surface area contributed by atoms with Crippen molar-refractivity contribution in [3.8, 4) is 0 Å². The minimum atomic E-state index is 0.427. The van der Waals surface area contributed by atoms with Crippen molar-refractivity contribution in [2.24, 2.45) is 17.3 Å². The van der Waals surface area contributed by atoms with E-state index in [0.29, 0.717) is 11.3 Å². The van der Waals surface area contributed by atoms with Gasteiger partial charge in [0, 0.05) is 13.7 Å². The zero-order chi connectivity index (χ0) is 17.3. The third kappa shape index (κ3) is 45.1. The summed E-state index contributed by atoms with van der Waals surface area (Å²) in [5.41, 5.74) is 0.427. The second kappa shape index (κ2) is 17.8. The van der Waals surface area contributed by atoms with Crippen LogP contribution in [0.5, 0.6) is 0 Å². The highest BCUT2D eigenvalue weighted by atomic mass is 16.5. The number of rotatable bonds is 7. The second-order valence-electron chi connectivity index (χ2n) is 7.67. The predicted octanol–water partition coefficient (Wildman–Crippen LogP) is 7.12. The molecule has 1 heteroatoms. The van der Waals surface area contributed by atoms with Crippen molar-refractivity contribution in [2.75, 3.05) is 13.7 Å². The van der Waals surface area contributed by atoms with Gasteiger partial charge in [-0.3, -0.25) is 0 Å². The van der Waals surface area contributed by atoms with Crippen LogP contribution in [0, 0.1) is 17.3 Å². The van der Waals surface area contributed by atoms with Crippen LogP contribution in [0.2, 0.25) is 0 Å². The topological polar surface area (TPSA) is 9.23 Å². The first-order chi connectivity index (χ1) is 9.60. The SMILES string of the molecule is C=CC(C)C.CCCCCC(C)C.COCCC(C)(C)C. The molecule has 0 atom stereocenters. The molecule has 0 rings (SSSR count). The highest BCUT2D eigenvalue weighted by Crippen LogP contribution is 2.17. The fourth-order valence-corrected chi connectivity index (χ4v) is 1.21. The van der Waals surface area contributed by atoms with Gasteiger partial charge in [0.2, 0.25) is 0 Å².